The van der Waals surface area contributed by atoms with Gasteiger partial charge in [0.05, 0.1) is 25.9 Å². The number of carbonyl (C=O) groups excluding carboxylic acids is 1. The van der Waals surface area contributed by atoms with Crippen LogP contribution in [0.4, 0.5) is 5.95 Å². The van der Waals surface area contributed by atoms with Gasteiger partial charge in [-0.1, -0.05) is 25.8 Å². The lowest BCUT2D eigenvalue weighted by atomic mass is 9.88. The molecule has 0 saturated carbocycles. The number of hydrogen-bond donors (Lipinski definition) is 0. The Hall–Kier alpha value is -2.90. The monoisotopic (exact) mass is 414 g/mol. The summed E-state index contributed by atoms with van der Waals surface area (Å²) >= 11 is 0. The molecule has 0 amide bonds. The number of hydrogen-bond acceptors (Lipinski definition) is 7. The van der Waals surface area contributed by atoms with Crippen LogP contribution in [0.3, 0.4) is 0 Å². The van der Waals surface area contributed by atoms with E-state index in [-0.39, 0.29) is 12.1 Å². The lowest BCUT2D eigenvalue weighted by molar-refractivity contribution is -0.151. The third-order valence-corrected chi connectivity index (χ3v) is 5.00. The summed E-state index contributed by atoms with van der Waals surface area (Å²) in [5.41, 5.74) is 1.49. The lowest BCUT2D eigenvalue weighted by Gasteiger charge is -2.30. The molecule has 162 valence electrons. The Labute approximate surface area is 177 Å². The van der Waals surface area contributed by atoms with E-state index in [0.717, 1.165) is 24.8 Å². The van der Waals surface area contributed by atoms with Crippen LogP contribution in [0.15, 0.2) is 29.5 Å². The van der Waals surface area contributed by atoms with Gasteiger partial charge >= 0.3 is 5.97 Å². The lowest BCUT2D eigenvalue weighted by Crippen LogP contribution is -2.37. The highest BCUT2D eigenvalue weighted by atomic mass is 16.5. The van der Waals surface area contributed by atoms with Crippen molar-refractivity contribution in [2.45, 2.75) is 59.1 Å². The molecule has 0 aliphatic carbocycles. The van der Waals surface area contributed by atoms with Gasteiger partial charge in [-0.25, -0.2) is 9.67 Å². The quantitative estimate of drug-likeness (QED) is 0.453. The molecule has 0 N–H and O–H groups in total. The molecule has 1 aromatic heterocycles. The molecule has 2 aromatic rings. The van der Waals surface area contributed by atoms with Crippen molar-refractivity contribution >= 4 is 17.6 Å². The van der Waals surface area contributed by atoms with E-state index in [1.165, 1.54) is 6.33 Å². The first-order chi connectivity index (χ1) is 14.5. The predicted molar refractivity (Wildman–Crippen MR) is 114 cm³/mol. The summed E-state index contributed by atoms with van der Waals surface area (Å²) in [6, 6.07) is 5.26. The second-order valence-electron chi connectivity index (χ2n) is 7.63. The molecule has 1 aromatic carbocycles. The van der Waals surface area contributed by atoms with Gasteiger partial charge in [-0.05, 0) is 44.9 Å². The number of aliphatic imine (C=N–C) groups is 1. The predicted octanol–water partition coefficient (Wildman–Crippen LogP) is 4.12. The van der Waals surface area contributed by atoms with Crippen LogP contribution in [0.25, 0.3) is 0 Å². The van der Waals surface area contributed by atoms with Crippen molar-refractivity contribution < 1.29 is 19.0 Å². The Kier molecular flexibility index (Phi) is 7.07. The van der Waals surface area contributed by atoms with E-state index in [0.29, 0.717) is 29.8 Å². The van der Waals surface area contributed by atoms with Crippen LogP contribution in [0.5, 0.6) is 11.5 Å². The standard InChI is InChI=1S/C22H30N4O4/c1-6-7-8-11-29-17-10-9-16(12-18(17)28-5)20-19(21(27)30-14(2)3)15(4)25-22-23-13-24-26(20)22/h9-10,12-14,19-20H,6-8,11H2,1-5H3. The molecule has 2 heterocycles. The largest absolute Gasteiger partial charge is 0.493 e. The van der Waals surface area contributed by atoms with Gasteiger partial charge < -0.3 is 14.2 Å². The van der Waals surface area contributed by atoms with Crippen LogP contribution >= 0.6 is 0 Å². The fourth-order valence-electron chi connectivity index (χ4n) is 3.58. The molecule has 2 atom stereocenters. The van der Waals surface area contributed by atoms with Gasteiger partial charge in [-0.2, -0.15) is 10.1 Å². The maximum Gasteiger partial charge on any atom is 0.317 e. The van der Waals surface area contributed by atoms with Crippen molar-refractivity contribution in [1.29, 1.82) is 0 Å². The Morgan fingerprint density at radius 2 is 2.03 bits per heavy atom. The summed E-state index contributed by atoms with van der Waals surface area (Å²) in [6.07, 6.45) is 4.46. The molecular formula is C22H30N4O4. The first kappa shape index (κ1) is 21.8. The maximum absolute atomic E-state index is 12.9. The number of fused-ring (bicyclic) bond motifs is 1. The molecule has 8 nitrogen and oxygen atoms in total. The Morgan fingerprint density at radius 1 is 1.23 bits per heavy atom. The molecule has 1 aliphatic heterocycles. The van der Waals surface area contributed by atoms with Crippen molar-refractivity contribution in [2.24, 2.45) is 10.9 Å². The summed E-state index contributed by atoms with van der Waals surface area (Å²) in [7, 11) is 1.61. The second kappa shape index (κ2) is 9.73. The number of aromatic nitrogens is 3. The fourth-order valence-corrected chi connectivity index (χ4v) is 3.58. The molecule has 1 aliphatic rings. The van der Waals surface area contributed by atoms with E-state index in [4.69, 9.17) is 14.2 Å². The number of unbranched alkanes of at least 4 members (excludes halogenated alkanes) is 2. The number of ether oxygens (including phenoxy) is 3. The zero-order valence-electron chi connectivity index (χ0n) is 18.3. The molecule has 0 spiro atoms. The van der Waals surface area contributed by atoms with E-state index in [9.17, 15) is 4.79 Å². The van der Waals surface area contributed by atoms with Gasteiger partial charge in [0, 0.05) is 5.71 Å². The highest BCUT2D eigenvalue weighted by Crippen LogP contribution is 2.39. The Morgan fingerprint density at radius 3 is 2.73 bits per heavy atom. The van der Waals surface area contributed by atoms with Gasteiger partial charge in [0.15, 0.2) is 11.5 Å². The van der Waals surface area contributed by atoms with Crippen LogP contribution < -0.4 is 9.47 Å². The molecule has 30 heavy (non-hydrogen) atoms. The summed E-state index contributed by atoms with van der Waals surface area (Å²) in [5.74, 6) is 0.810. The normalized spacial score (nSPS) is 18.0. The molecule has 2 unspecified atom stereocenters. The van der Waals surface area contributed by atoms with Gasteiger partial charge in [-0.3, -0.25) is 4.79 Å². The first-order valence-corrected chi connectivity index (χ1v) is 10.4. The first-order valence-electron chi connectivity index (χ1n) is 10.4. The highest BCUT2D eigenvalue weighted by Gasteiger charge is 2.40. The topological polar surface area (TPSA) is 87.8 Å². The summed E-state index contributed by atoms with van der Waals surface area (Å²) in [5, 5.41) is 4.33. The van der Waals surface area contributed by atoms with Crippen LogP contribution in [-0.4, -0.2) is 46.3 Å². The molecule has 3 rings (SSSR count). The molecule has 0 bridgehead atoms. The zero-order chi connectivity index (χ0) is 21.7. The van der Waals surface area contributed by atoms with Crippen LogP contribution in [0, 0.1) is 5.92 Å². The number of rotatable bonds is 9. The maximum atomic E-state index is 12.9. The third kappa shape index (κ3) is 4.63. The molecular weight excluding hydrogens is 384 g/mol. The zero-order valence-corrected chi connectivity index (χ0v) is 18.3. The smallest absolute Gasteiger partial charge is 0.317 e. The van der Waals surface area contributed by atoms with E-state index in [1.807, 2.05) is 39.0 Å². The SMILES string of the molecule is CCCCCOc1ccc(C2C(C(=O)OC(C)C)C(C)=Nc3ncnn32)cc1OC. The third-order valence-electron chi connectivity index (χ3n) is 5.00. The average molecular weight is 415 g/mol. The summed E-state index contributed by atoms with van der Waals surface area (Å²) in [4.78, 5) is 21.6. The summed E-state index contributed by atoms with van der Waals surface area (Å²) in [6.45, 7) is 8.27. The summed E-state index contributed by atoms with van der Waals surface area (Å²) < 4.78 is 18.7. The van der Waals surface area contributed by atoms with Crippen molar-refractivity contribution in [2.75, 3.05) is 13.7 Å². The van der Waals surface area contributed by atoms with Crippen molar-refractivity contribution in [3.8, 4) is 11.5 Å². The van der Waals surface area contributed by atoms with Gasteiger partial charge in [0.1, 0.15) is 12.2 Å². The number of esters is 1. The van der Waals surface area contributed by atoms with Gasteiger partial charge in [0.25, 0.3) is 0 Å². The fraction of sp³-hybridized carbons (Fsp3) is 0.545. The number of carbonyl (C=O) groups is 1. The molecule has 0 radical (unpaired) electrons. The van der Waals surface area contributed by atoms with Crippen LogP contribution in [0.1, 0.15) is 58.6 Å². The van der Waals surface area contributed by atoms with E-state index >= 15 is 0 Å². The van der Waals surface area contributed by atoms with E-state index in [1.54, 1.807) is 11.8 Å². The highest BCUT2D eigenvalue weighted by molar-refractivity contribution is 6.03. The average Bonchev–Trinajstić information content (AvgIpc) is 3.17. The number of benzene rings is 1. The van der Waals surface area contributed by atoms with Gasteiger partial charge in [0.2, 0.25) is 5.95 Å². The number of methoxy groups -OCH3 is 1. The Bertz CT molecular complexity index is 906. The van der Waals surface area contributed by atoms with Gasteiger partial charge in [-0.15, -0.1) is 0 Å². The van der Waals surface area contributed by atoms with E-state index in [2.05, 4.69) is 22.0 Å². The molecule has 0 saturated heterocycles. The van der Waals surface area contributed by atoms with Crippen molar-refractivity contribution in [1.82, 2.24) is 14.8 Å². The second-order valence-corrected chi connectivity index (χ2v) is 7.63. The van der Waals surface area contributed by atoms with E-state index < -0.39 is 12.0 Å². The van der Waals surface area contributed by atoms with Crippen molar-refractivity contribution in [3.63, 3.8) is 0 Å². The minimum Gasteiger partial charge on any atom is -0.493 e. The molecule has 8 heteroatoms. The number of nitrogens with zero attached hydrogens (tertiary/aromatic N) is 4. The van der Waals surface area contributed by atoms with Crippen LogP contribution in [0.2, 0.25) is 0 Å². The Balaban J connectivity index is 1.96. The minimum atomic E-state index is -0.609. The minimum absolute atomic E-state index is 0.225. The van der Waals surface area contributed by atoms with Crippen LogP contribution in [-0.2, 0) is 9.53 Å². The molecule has 0 fully saturated rings. The van der Waals surface area contributed by atoms with Crippen molar-refractivity contribution in [3.05, 3.63) is 30.1 Å².